The Bertz CT molecular complexity index is 1030. The Kier molecular flexibility index (Phi) is 5.37. The highest BCUT2D eigenvalue weighted by atomic mass is 16.2. The average molecular weight is 359 g/mol. The Labute approximate surface area is 158 Å². The first-order valence-corrected chi connectivity index (χ1v) is 8.92. The van der Waals surface area contributed by atoms with Crippen LogP contribution in [0.1, 0.15) is 58.3 Å². The number of carbonyl (C=O) groups is 2. The number of amides is 1. The molecule has 0 radical (unpaired) electrons. The Hall–Kier alpha value is -3.39. The molecule has 27 heavy (non-hydrogen) atoms. The number of terminal acetylenes is 1. The number of carbonyl (C=O) groups excluding carboxylic acids is 2. The zero-order chi connectivity index (χ0) is 19.4. The van der Waals surface area contributed by atoms with E-state index in [1.807, 2.05) is 32.0 Å². The number of imidazole rings is 1. The highest BCUT2D eigenvalue weighted by Crippen LogP contribution is 2.26. The van der Waals surface area contributed by atoms with Crippen molar-refractivity contribution in [2.24, 2.45) is 0 Å². The van der Waals surface area contributed by atoms with Gasteiger partial charge in [0.05, 0.1) is 6.04 Å². The number of nitrogens with zero attached hydrogens (tertiary/aromatic N) is 3. The summed E-state index contributed by atoms with van der Waals surface area (Å²) in [4.78, 5) is 30.5. The van der Waals surface area contributed by atoms with E-state index in [4.69, 9.17) is 6.42 Å². The fourth-order valence-corrected chi connectivity index (χ4v) is 3.31. The highest BCUT2D eigenvalue weighted by Gasteiger charge is 2.25. The monoisotopic (exact) mass is 359 g/mol. The molecule has 0 saturated heterocycles. The molecule has 2 heterocycles. The maximum Gasteiger partial charge on any atom is 0.274 e. The van der Waals surface area contributed by atoms with Crippen molar-refractivity contribution in [1.82, 2.24) is 14.3 Å². The zero-order valence-corrected chi connectivity index (χ0v) is 15.4. The third-order valence-corrected chi connectivity index (χ3v) is 4.63. The van der Waals surface area contributed by atoms with E-state index in [2.05, 4.69) is 10.9 Å². The van der Waals surface area contributed by atoms with Gasteiger partial charge in [0.15, 0.2) is 0 Å². The predicted octanol–water partition coefficient (Wildman–Crippen LogP) is 3.74. The summed E-state index contributed by atoms with van der Waals surface area (Å²) in [6, 6.07) is 10.8. The fourth-order valence-electron chi connectivity index (χ4n) is 3.31. The number of aromatic nitrogens is 2. The van der Waals surface area contributed by atoms with Crippen molar-refractivity contribution in [1.29, 1.82) is 0 Å². The SMILES string of the molecule is C#Cc1ccc2nc(C(=O)N(CC)C(CC)c3cccc(C=O)c3)cn2c1. The molecular weight excluding hydrogens is 338 g/mol. The molecule has 0 aliphatic heterocycles. The molecule has 0 aliphatic rings. The molecule has 0 spiro atoms. The molecule has 5 nitrogen and oxygen atoms in total. The van der Waals surface area contributed by atoms with Crippen molar-refractivity contribution in [3.8, 4) is 12.3 Å². The summed E-state index contributed by atoms with van der Waals surface area (Å²) in [6.07, 6.45) is 10.5. The van der Waals surface area contributed by atoms with Gasteiger partial charge in [-0.1, -0.05) is 31.0 Å². The summed E-state index contributed by atoms with van der Waals surface area (Å²) >= 11 is 0. The molecule has 0 bridgehead atoms. The van der Waals surface area contributed by atoms with Gasteiger partial charge in [0.2, 0.25) is 0 Å². The Morgan fingerprint density at radius 2 is 2.11 bits per heavy atom. The van der Waals surface area contributed by atoms with Crippen molar-refractivity contribution in [2.45, 2.75) is 26.3 Å². The van der Waals surface area contributed by atoms with E-state index in [-0.39, 0.29) is 11.9 Å². The van der Waals surface area contributed by atoms with E-state index in [1.165, 1.54) is 0 Å². The van der Waals surface area contributed by atoms with Crippen molar-refractivity contribution in [2.75, 3.05) is 6.54 Å². The second kappa shape index (κ2) is 7.88. The minimum atomic E-state index is -0.146. The largest absolute Gasteiger partial charge is 0.331 e. The average Bonchev–Trinajstić information content (AvgIpc) is 3.14. The van der Waals surface area contributed by atoms with Crippen LogP contribution < -0.4 is 0 Å². The van der Waals surface area contributed by atoms with Gasteiger partial charge in [0, 0.05) is 30.1 Å². The second-order valence-electron chi connectivity index (χ2n) is 6.26. The van der Waals surface area contributed by atoms with Crippen LogP contribution in [-0.4, -0.2) is 33.0 Å². The minimum Gasteiger partial charge on any atom is -0.331 e. The Balaban J connectivity index is 1.96. The molecule has 2 aromatic heterocycles. The molecule has 5 heteroatoms. The summed E-state index contributed by atoms with van der Waals surface area (Å²) in [5, 5.41) is 0. The molecular formula is C22H21N3O2. The molecule has 1 aromatic carbocycles. The molecule has 1 amide bonds. The number of hydrogen-bond acceptors (Lipinski definition) is 3. The number of pyridine rings is 1. The third kappa shape index (κ3) is 3.61. The van der Waals surface area contributed by atoms with Crippen LogP contribution >= 0.6 is 0 Å². The Morgan fingerprint density at radius 3 is 2.78 bits per heavy atom. The molecule has 1 atom stereocenters. The third-order valence-electron chi connectivity index (χ3n) is 4.63. The minimum absolute atomic E-state index is 0.131. The van der Waals surface area contributed by atoms with Gasteiger partial charge in [-0.2, -0.15) is 0 Å². The molecule has 3 aromatic rings. The van der Waals surface area contributed by atoms with Crippen LogP contribution in [0.15, 0.2) is 48.8 Å². The van der Waals surface area contributed by atoms with E-state index < -0.39 is 0 Å². The number of rotatable bonds is 6. The normalized spacial score (nSPS) is 11.7. The summed E-state index contributed by atoms with van der Waals surface area (Å²) in [6.45, 7) is 4.50. The van der Waals surface area contributed by atoms with Crippen molar-refractivity contribution in [3.63, 3.8) is 0 Å². The van der Waals surface area contributed by atoms with E-state index in [1.54, 1.807) is 39.9 Å². The first-order valence-electron chi connectivity index (χ1n) is 8.92. The summed E-state index contributed by atoms with van der Waals surface area (Å²) in [7, 11) is 0. The van der Waals surface area contributed by atoms with Crippen LogP contribution in [0.3, 0.4) is 0 Å². The number of aldehydes is 1. The maximum absolute atomic E-state index is 13.2. The van der Waals surface area contributed by atoms with Gasteiger partial charge >= 0.3 is 0 Å². The van der Waals surface area contributed by atoms with E-state index in [0.29, 0.717) is 23.4 Å². The van der Waals surface area contributed by atoms with Gasteiger partial charge in [-0.15, -0.1) is 6.42 Å². The van der Waals surface area contributed by atoms with Gasteiger partial charge in [-0.25, -0.2) is 4.98 Å². The van der Waals surface area contributed by atoms with Gasteiger partial charge < -0.3 is 9.30 Å². The number of fused-ring (bicyclic) bond motifs is 1. The van der Waals surface area contributed by atoms with Crippen LogP contribution in [0.4, 0.5) is 0 Å². The van der Waals surface area contributed by atoms with Gasteiger partial charge in [0.1, 0.15) is 17.6 Å². The van der Waals surface area contributed by atoms with Crippen molar-refractivity contribution >= 4 is 17.8 Å². The lowest BCUT2D eigenvalue weighted by Crippen LogP contribution is -2.34. The molecule has 136 valence electrons. The lowest BCUT2D eigenvalue weighted by Gasteiger charge is -2.30. The number of benzene rings is 1. The van der Waals surface area contributed by atoms with Crippen LogP contribution in [0, 0.1) is 12.3 Å². The highest BCUT2D eigenvalue weighted by molar-refractivity contribution is 5.93. The van der Waals surface area contributed by atoms with Crippen LogP contribution in [0.2, 0.25) is 0 Å². The maximum atomic E-state index is 13.2. The first-order chi connectivity index (χ1) is 13.1. The quantitative estimate of drug-likeness (QED) is 0.498. The van der Waals surface area contributed by atoms with Crippen LogP contribution in [0.25, 0.3) is 5.65 Å². The lowest BCUT2D eigenvalue weighted by atomic mass is 10.00. The Morgan fingerprint density at radius 1 is 1.30 bits per heavy atom. The topological polar surface area (TPSA) is 54.7 Å². The van der Waals surface area contributed by atoms with Gasteiger partial charge in [-0.3, -0.25) is 9.59 Å². The van der Waals surface area contributed by atoms with Gasteiger partial charge in [-0.05, 0) is 37.1 Å². The summed E-state index contributed by atoms with van der Waals surface area (Å²) in [5.74, 6) is 2.43. The first kappa shape index (κ1) is 18.4. The van der Waals surface area contributed by atoms with E-state index in [0.717, 1.165) is 23.8 Å². The van der Waals surface area contributed by atoms with Crippen LogP contribution in [-0.2, 0) is 0 Å². The standard InChI is InChI=1S/C22H21N3O2/c1-4-16-10-11-21-23-19(14-24(21)13-16)22(27)25(6-3)20(5-2)18-9-7-8-17(12-18)15-26/h1,7-15,20H,5-6H2,2-3H3. The lowest BCUT2D eigenvalue weighted by molar-refractivity contribution is 0.0677. The molecule has 0 fully saturated rings. The fraction of sp³-hybridized carbons (Fsp3) is 0.227. The molecule has 0 saturated carbocycles. The van der Waals surface area contributed by atoms with Crippen molar-refractivity contribution < 1.29 is 9.59 Å². The smallest absolute Gasteiger partial charge is 0.274 e. The van der Waals surface area contributed by atoms with E-state index in [9.17, 15) is 9.59 Å². The number of hydrogen-bond donors (Lipinski definition) is 0. The molecule has 1 unspecified atom stereocenters. The molecule has 0 aliphatic carbocycles. The van der Waals surface area contributed by atoms with Crippen molar-refractivity contribution in [3.05, 3.63) is 71.2 Å². The summed E-state index contributed by atoms with van der Waals surface area (Å²) in [5.41, 5.74) is 3.31. The van der Waals surface area contributed by atoms with Gasteiger partial charge in [0.25, 0.3) is 5.91 Å². The predicted molar refractivity (Wildman–Crippen MR) is 105 cm³/mol. The second-order valence-corrected chi connectivity index (χ2v) is 6.26. The van der Waals surface area contributed by atoms with Crippen LogP contribution in [0.5, 0.6) is 0 Å². The molecule has 3 rings (SSSR count). The molecule has 0 N–H and O–H groups in total. The van der Waals surface area contributed by atoms with E-state index >= 15 is 0 Å². The summed E-state index contributed by atoms with van der Waals surface area (Å²) < 4.78 is 1.77. The zero-order valence-electron chi connectivity index (χ0n) is 15.4.